The Balaban J connectivity index is 2.35. The third kappa shape index (κ3) is 3.14. The molecule has 0 N–H and O–H groups in total. The van der Waals surface area contributed by atoms with E-state index in [1.54, 1.807) is 36.7 Å². The van der Waals surface area contributed by atoms with E-state index in [9.17, 15) is 4.79 Å². The molecule has 0 aliphatic carbocycles. The molecule has 5 heteroatoms. The highest BCUT2D eigenvalue weighted by Gasteiger charge is 2.05. The number of carbonyl (C=O) groups excluding carboxylic acids is 1. The summed E-state index contributed by atoms with van der Waals surface area (Å²) in [5.74, 6) is 1.06. The second-order valence-corrected chi connectivity index (χ2v) is 5.07. The van der Waals surface area contributed by atoms with Gasteiger partial charge in [0.1, 0.15) is 11.5 Å². The standard InChI is InChI=1S/C12H7Br2NO2/c13-9-2-1-8(7-16)12(4-9)17-11-3-10(14)5-15-6-11/h1-7H. The lowest BCUT2D eigenvalue weighted by molar-refractivity contribution is 0.112. The van der Waals surface area contributed by atoms with Gasteiger partial charge in [-0.1, -0.05) is 15.9 Å². The lowest BCUT2D eigenvalue weighted by Gasteiger charge is -2.08. The van der Waals surface area contributed by atoms with Crippen LogP contribution in [0.3, 0.4) is 0 Å². The Kier molecular flexibility index (Phi) is 3.91. The van der Waals surface area contributed by atoms with Gasteiger partial charge < -0.3 is 4.74 Å². The zero-order valence-corrected chi connectivity index (χ0v) is 11.7. The van der Waals surface area contributed by atoms with E-state index < -0.39 is 0 Å². The number of rotatable bonds is 3. The average molecular weight is 357 g/mol. The topological polar surface area (TPSA) is 39.2 Å². The molecule has 0 saturated heterocycles. The second-order valence-electron chi connectivity index (χ2n) is 3.24. The number of aromatic nitrogens is 1. The fourth-order valence-corrected chi connectivity index (χ4v) is 1.95. The van der Waals surface area contributed by atoms with Gasteiger partial charge in [-0.15, -0.1) is 0 Å². The van der Waals surface area contributed by atoms with E-state index in [0.717, 1.165) is 15.2 Å². The molecule has 17 heavy (non-hydrogen) atoms. The summed E-state index contributed by atoms with van der Waals surface area (Å²) in [5.41, 5.74) is 0.494. The van der Waals surface area contributed by atoms with Crippen molar-refractivity contribution in [2.75, 3.05) is 0 Å². The number of halogens is 2. The minimum absolute atomic E-state index is 0.494. The molecule has 0 unspecified atom stereocenters. The van der Waals surface area contributed by atoms with E-state index in [-0.39, 0.29) is 0 Å². The van der Waals surface area contributed by atoms with Crippen LogP contribution >= 0.6 is 31.9 Å². The number of carbonyl (C=O) groups is 1. The van der Waals surface area contributed by atoms with E-state index in [1.807, 2.05) is 0 Å². The Bertz CT molecular complexity index is 558. The quantitative estimate of drug-likeness (QED) is 0.773. The van der Waals surface area contributed by atoms with Gasteiger partial charge in [-0.25, -0.2) is 0 Å². The molecule has 2 aromatic rings. The number of nitrogens with zero attached hydrogens (tertiary/aromatic N) is 1. The third-order valence-electron chi connectivity index (χ3n) is 2.01. The van der Waals surface area contributed by atoms with Crippen molar-refractivity contribution in [3.05, 3.63) is 51.2 Å². The third-order valence-corrected chi connectivity index (χ3v) is 2.94. The molecule has 1 heterocycles. The molecular weight excluding hydrogens is 350 g/mol. The van der Waals surface area contributed by atoms with Crippen LogP contribution in [0.4, 0.5) is 0 Å². The smallest absolute Gasteiger partial charge is 0.153 e. The summed E-state index contributed by atoms with van der Waals surface area (Å²) in [6.07, 6.45) is 4.00. The first-order chi connectivity index (χ1) is 8.19. The maximum Gasteiger partial charge on any atom is 0.153 e. The van der Waals surface area contributed by atoms with Crippen molar-refractivity contribution in [1.82, 2.24) is 4.98 Å². The molecule has 0 bridgehead atoms. The predicted molar refractivity (Wildman–Crippen MR) is 71.5 cm³/mol. The molecule has 0 atom stereocenters. The van der Waals surface area contributed by atoms with Crippen molar-refractivity contribution in [2.45, 2.75) is 0 Å². The van der Waals surface area contributed by atoms with Crippen LogP contribution in [0.5, 0.6) is 11.5 Å². The molecule has 0 saturated carbocycles. The summed E-state index contributed by atoms with van der Waals surface area (Å²) < 4.78 is 7.27. The second kappa shape index (κ2) is 5.42. The van der Waals surface area contributed by atoms with Gasteiger partial charge in [-0.05, 0) is 40.2 Å². The van der Waals surface area contributed by atoms with Gasteiger partial charge in [0.05, 0.1) is 11.8 Å². The average Bonchev–Trinajstić information content (AvgIpc) is 2.29. The monoisotopic (exact) mass is 355 g/mol. The van der Waals surface area contributed by atoms with Crippen LogP contribution < -0.4 is 4.74 Å². The predicted octanol–water partition coefficient (Wildman–Crippen LogP) is 4.21. The Morgan fingerprint density at radius 3 is 2.65 bits per heavy atom. The fraction of sp³-hybridized carbons (Fsp3) is 0. The minimum atomic E-state index is 0.494. The molecule has 1 aromatic heterocycles. The Labute approximate surface area is 115 Å². The van der Waals surface area contributed by atoms with Crippen molar-refractivity contribution in [1.29, 1.82) is 0 Å². The number of pyridine rings is 1. The number of aldehydes is 1. The van der Waals surface area contributed by atoms with E-state index in [4.69, 9.17) is 4.74 Å². The molecular formula is C12H7Br2NO2. The maximum absolute atomic E-state index is 10.9. The molecule has 0 spiro atoms. The number of benzene rings is 1. The number of hydrogen-bond acceptors (Lipinski definition) is 3. The van der Waals surface area contributed by atoms with E-state index in [0.29, 0.717) is 17.1 Å². The van der Waals surface area contributed by atoms with Crippen molar-refractivity contribution < 1.29 is 9.53 Å². The van der Waals surface area contributed by atoms with Crippen LogP contribution in [0.15, 0.2) is 45.6 Å². The summed E-state index contributed by atoms with van der Waals surface area (Å²) in [7, 11) is 0. The molecule has 0 aliphatic rings. The van der Waals surface area contributed by atoms with Crippen LogP contribution in [0, 0.1) is 0 Å². The highest BCUT2D eigenvalue weighted by Crippen LogP contribution is 2.28. The Morgan fingerprint density at radius 1 is 1.12 bits per heavy atom. The van der Waals surface area contributed by atoms with Crippen molar-refractivity contribution >= 4 is 38.1 Å². The van der Waals surface area contributed by atoms with Gasteiger partial charge in [0, 0.05) is 15.1 Å². The molecule has 0 amide bonds. The first-order valence-corrected chi connectivity index (χ1v) is 6.31. The van der Waals surface area contributed by atoms with E-state index >= 15 is 0 Å². The zero-order chi connectivity index (χ0) is 12.3. The highest BCUT2D eigenvalue weighted by atomic mass is 79.9. The van der Waals surface area contributed by atoms with E-state index in [2.05, 4.69) is 36.8 Å². The van der Waals surface area contributed by atoms with Crippen LogP contribution in [-0.2, 0) is 0 Å². The summed E-state index contributed by atoms with van der Waals surface area (Å²) in [6.45, 7) is 0. The van der Waals surface area contributed by atoms with Crippen molar-refractivity contribution in [3.8, 4) is 11.5 Å². The van der Waals surface area contributed by atoms with Crippen molar-refractivity contribution in [2.24, 2.45) is 0 Å². The first-order valence-electron chi connectivity index (χ1n) is 4.72. The van der Waals surface area contributed by atoms with Gasteiger partial charge in [0.2, 0.25) is 0 Å². The van der Waals surface area contributed by atoms with Gasteiger partial charge >= 0.3 is 0 Å². The van der Waals surface area contributed by atoms with Crippen LogP contribution in [-0.4, -0.2) is 11.3 Å². The number of hydrogen-bond donors (Lipinski definition) is 0. The first kappa shape index (κ1) is 12.3. The van der Waals surface area contributed by atoms with Crippen LogP contribution in [0.25, 0.3) is 0 Å². The molecule has 0 radical (unpaired) electrons. The SMILES string of the molecule is O=Cc1ccc(Br)cc1Oc1cncc(Br)c1. The molecule has 0 aliphatic heterocycles. The van der Waals surface area contributed by atoms with Crippen LogP contribution in [0.2, 0.25) is 0 Å². The Hall–Kier alpha value is -1.20. The summed E-state index contributed by atoms with van der Waals surface area (Å²) in [5, 5.41) is 0. The summed E-state index contributed by atoms with van der Waals surface area (Å²) >= 11 is 6.64. The van der Waals surface area contributed by atoms with Gasteiger partial charge in [0.15, 0.2) is 6.29 Å². The van der Waals surface area contributed by atoms with Crippen LogP contribution in [0.1, 0.15) is 10.4 Å². The molecule has 1 aromatic carbocycles. The zero-order valence-electron chi connectivity index (χ0n) is 8.56. The molecule has 0 fully saturated rings. The van der Waals surface area contributed by atoms with E-state index in [1.165, 1.54) is 0 Å². The van der Waals surface area contributed by atoms with Gasteiger partial charge in [-0.2, -0.15) is 0 Å². The fourth-order valence-electron chi connectivity index (χ4n) is 1.27. The Morgan fingerprint density at radius 2 is 1.94 bits per heavy atom. The molecule has 2 rings (SSSR count). The molecule has 86 valence electrons. The number of ether oxygens (including phenoxy) is 1. The largest absolute Gasteiger partial charge is 0.455 e. The minimum Gasteiger partial charge on any atom is -0.455 e. The lowest BCUT2D eigenvalue weighted by Crippen LogP contribution is -1.91. The lowest BCUT2D eigenvalue weighted by atomic mass is 10.2. The summed E-state index contributed by atoms with van der Waals surface area (Å²) in [4.78, 5) is 14.9. The van der Waals surface area contributed by atoms with Crippen molar-refractivity contribution in [3.63, 3.8) is 0 Å². The highest BCUT2D eigenvalue weighted by molar-refractivity contribution is 9.10. The normalized spacial score (nSPS) is 10.0. The van der Waals surface area contributed by atoms with Gasteiger partial charge in [-0.3, -0.25) is 9.78 Å². The summed E-state index contributed by atoms with van der Waals surface area (Å²) in [6, 6.07) is 7.00. The molecule has 3 nitrogen and oxygen atoms in total. The van der Waals surface area contributed by atoms with Gasteiger partial charge in [0.25, 0.3) is 0 Å². The maximum atomic E-state index is 10.9.